The van der Waals surface area contributed by atoms with Crippen molar-refractivity contribution in [1.82, 2.24) is 10.9 Å². The molecule has 2 rings (SSSR count). The van der Waals surface area contributed by atoms with E-state index in [1.54, 1.807) is 24.3 Å². The summed E-state index contributed by atoms with van der Waals surface area (Å²) in [6.07, 6.45) is 0. The van der Waals surface area contributed by atoms with Crippen LogP contribution in [0.2, 0.25) is 5.02 Å². The first kappa shape index (κ1) is 17.2. The minimum absolute atomic E-state index is 0.0446. The normalized spacial score (nSPS) is 9.88. The second-order valence-corrected chi connectivity index (χ2v) is 4.99. The summed E-state index contributed by atoms with van der Waals surface area (Å²) in [5.41, 5.74) is 4.12. The summed E-state index contributed by atoms with van der Waals surface area (Å²) < 4.78 is 5.20. The summed E-state index contributed by atoms with van der Waals surface area (Å²) in [6.45, 7) is -0.323. The lowest BCUT2D eigenvalue weighted by Gasteiger charge is -2.09. The van der Waals surface area contributed by atoms with Gasteiger partial charge >= 0.3 is 0 Å². The fourth-order valence-electron chi connectivity index (χ4n) is 1.68. The molecule has 0 bridgehead atoms. The maximum atomic E-state index is 11.8. The number of hydrogen-bond acceptors (Lipinski definition) is 5. The van der Waals surface area contributed by atoms with Crippen LogP contribution in [0.5, 0.6) is 5.75 Å². The van der Waals surface area contributed by atoms with E-state index in [9.17, 15) is 19.7 Å². The number of non-ortho nitro benzene ring substituents is 1. The minimum atomic E-state index is -0.682. The van der Waals surface area contributed by atoms with Crippen LogP contribution in [-0.4, -0.2) is 23.3 Å². The maximum absolute atomic E-state index is 11.8. The van der Waals surface area contributed by atoms with Crippen molar-refractivity contribution in [1.29, 1.82) is 0 Å². The van der Waals surface area contributed by atoms with E-state index in [1.807, 2.05) is 0 Å². The Balaban J connectivity index is 1.82. The molecule has 124 valence electrons. The number of carbonyl (C=O) groups is 2. The van der Waals surface area contributed by atoms with Crippen LogP contribution in [0.1, 0.15) is 10.4 Å². The van der Waals surface area contributed by atoms with Gasteiger partial charge in [0.25, 0.3) is 17.5 Å². The highest BCUT2D eigenvalue weighted by molar-refractivity contribution is 6.30. The smallest absolute Gasteiger partial charge is 0.276 e. The number of halogens is 1. The third-order valence-corrected chi connectivity index (χ3v) is 3.07. The van der Waals surface area contributed by atoms with E-state index in [0.29, 0.717) is 10.8 Å². The largest absolute Gasteiger partial charge is 0.484 e. The van der Waals surface area contributed by atoms with E-state index in [0.717, 1.165) is 6.07 Å². The van der Waals surface area contributed by atoms with Gasteiger partial charge in [0.1, 0.15) is 5.75 Å². The molecule has 0 aromatic heterocycles. The molecular formula is C15H12ClN3O5. The number of benzene rings is 2. The Morgan fingerprint density at radius 1 is 1.12 bits per heavy atom. The highest BCUT2D eigenvalue weighted by atomic mass is 35.5. The highest BCUT2D eigenvalue weighted by Crippen LogP contribution is 2.15. The standard InChI is InChI=1S/C15H12ClN3O5/c16-11-4-6-13(7-5-11)24-9-14(20)17-18-15(21)10-2-1-3-12(8-10)19(22)23/h1-8H,9H2,(H,17,20)(H,18,21). The SMILES string of the molecule is O=C(COc1ccc(Cl)cc1)NNC(=O)c1cccc([N+](=O)[O-])c1. The number of nitrogens with zero attached hydrogens (tertiary/aromatic N) is 1. The Hall–Kier alpha value is -3.13. The summed E-state index contributed by atoms with van der Waals surface area (Å²) in [7, 11) is 0. The number of rotatable bonds is 5. The summed E-state index contributed by atoms with van der Waals surface area (Å²) in [4.78, 5) is 33.5. The molecule has 2 aromatic carbocycles. The fourth-order valence-corrected chi connectivity index (χ4v) is 1.80. The molecule has 0 aliphatic carbocycles. The summed E-state index contributed by atoms with van der Waals surface area (Å²) >= 11 is 5.72. The predicted octanol–water partition coefficient (Wildman–Crippen LogP) is 2.09. The summed E-state index contributed by atoms with van der Waals surface area (Å²) in [5.74, 6) is -0.832. The zero-order valence-corrected chi connectivity index (χ0v) is 12.9. The Kier molecular flexibility index (Phi) is 5.69. The fraction of sp³-hybridized carbons (Fsp3) is 0.0667. The van der Waals surface area contributed by atoms with E-state index in [4.69, 9.17) is 16.3 Å². The molecule has 0 unspecified atom stereocenters. The molecule has 24 heavy (non-hydrogen) atoms. The van der Waals surface area contributed by atoms with E-state index in [-0.39, 0.29) is 17.9 Å². The van der Waals surface area contributed by atoms with Crippen LogP contribution >= 0.6 is 11.6 Å². The molecular weight excluding hydrogens is 338 g/mol. The quantitative estimate of drug-likeness (QED) is 0.634. The highest BCUT2D eigenvalue weighted by Gasteiger charge is 2.12. The molecule has 0 fully saturated rings. The average molecular weight is 350 g/mol. The topological polar surface area (TPSA) is 111 Å². The Bertz CT molecular complexity index is 764. The molecule has 0 atom stereocenters. The maximum Gasteiger partial charge on any atom is 0.276 e. The van der Waals surface area contributed by atoms with Gasteiger partial charge in [-0.05, 0) is 30.3 Å². The van der Waals surface area contributed by atoms with Crippen molar-refractivity contribution in [3.8, 4) is 5.75 Å². The van der Waals surface area contributed by atoms with Gasteiger partial charge < -0.3 is 4.74 Å². The van der Waals surface area contributed by atoms with Crippen LogP contribution in [-0.2, 0) is 4.79 Å². The number of amides is 2. The first-order valence-corrected chi connectivity index (χ1v) is 7.05. The number of ether oxygens (including phenoxy) is 1. The molecule has 0 saturated carbocycles. The zero-order chi connectivity index (χ0) is 17.5. The lowest BCUT2D eigenvalue weighted by atomic mass is 10.2. The lowest BCUT2D eigenvalue weighted by molar-refractivity contribution is -0.384. The predicted molar refractivity (Wildman–Crippen MR) is 85.7 cm³/mol. The first-order chi connectivity index (χ1) is 11.5. The van der Waals surface area contributed by atoms with Gasteiger partial charge in [0.15, 0.2) is 6.61 Å². The second-order valence-electron chi connectivity index (χ2n) is 4.55. The Morgan fingerprint density at radius 3 is 2.50 bits per heavy atom. The Labute approximate surface area is 141 Å². The van der Waals surface area contributed by atoms with Gasteiger partial charge in [0.05, 0.1) is 4.92 Å². The molecule has 2 aromatic rings. The molecule has 0 saturated heterocycles. The van der Waals surface area contributed by atoms with Crippen molar-refractivity contribution < 1.29 is 19.2 Å². The van der Waals surface area contributed by atoms with Gasteiger partial charge in [0.2, 0.25) is 0 Å². The van der Waals surface area contributed by atoms with Gasteiger partial charge in [-0.15, -0.1) is 0 Å². The van der Waals surface area contributed by atoms with Crippen molar-refractivity contribution in [3.05, 3.63) is 69.2 Å². The summed E-state index contributed by atoms with van der Waals surface area (Å²) in [5, 5.41) is 11.2. The van der Waals surface area contributed by atoms with Crippen molar-refractivity contribution in [2.45, 2.75) is 0 Å². The molecule has 9 heteroatoms. The number of carbonyl (C=O) groups excluding carboxylic acids is 2. The van der Waals surface area contributed by atoms with Crippen molar-refractivity contribution >= 4 is 29.1 Å². The monoisotopic (exact) mass is 349 g/mol. The van der Waals surface area contributed by atoms with Crippen molar-refractivity contribution in [3.63, 3.8) is 0 Å². The van der Waals surface area contributed by atoms with E-state index >= 15 is 0 Å². The number of nitro benzene ring substituents is 1. The third kappa shape index (κ3) is 4.96. The van der Waals surface area contributed by atoms with Crippen molar-refractivity contribution in [2.24, 2.45) is 0 Å². The van der Waals surface area contributed by atoms with Crippen LogP contribution in [0.4, 0.5) is 5.69 Å². The van der Waals surface area contributed by atoms with Crippen LogP contribution in [0.25, 0.3) is 0 Å². The summed E-state index contributed by atoms with van der Waals surface area (Å²) in [6, 6.07) is 11.5. The van der Waals surface area contributed by atoms with Gasteiger partial charge in [-0.3, -0.25) is 30.6 Å². The van der Waals surface area contributed by atoms with Gasteiger partial charge in [0, 0.05) is 22.7 Å². The molecule has 0 radical (unpaired) electrons. The number of hydrogen-bond donors (Lipinski definition) is 2. The minimum Gasteiger partial charge on any atom is -0.484 e. The van der Waals surface area contributed by atoms with Gasteiger partial charge in [-0.25, -0.2) is 0 Å². The molecule has 2 N–H and O–H groups in total. The molecule has 0 aliphatic rings. The molecule has 2 amide bonds. The van der Waals surface area contributed by atoms with Crippen LogP contribution in [0.15, 0.2) is 48.5 Å². The lowest BCUT2D eigenvalue weighted by Crippen LogP contribution is -2.43. The van der Waals surface area contributed by atoms with Gasteiger partial charge in [-0.2, -0.15) is 0 Å². The molecule has 0 aliphatic heterocycles. The number of hydrazine groups is 1. The average Bonchev–Trinajstić information content (AvgIpc) is 2.59. The van der Waals surface area contributed by atoms with E-state index < -0.39 is 16.7 Å². The molecule has 0 heterocycles. The van der Waals surface area contributed by atoms with Crippen molar-refractivity contribution in [2.75, 3.05) is 6.61 Å². The molecule has 0 spiro atoms. The number of nitrogens with one attached hydrogen (secondary N) is 2. The first-order valence-electron chi connectivity index (χ1n) is 6.68. The van der Waals surface area contributed by atoms with Crippen LogP contribution < -0.4 is 15.6 Å². The third-order valence-electron chi connectivity index (χ3n) is 2.82. The second kappa shape index (κ2) is 7.93. The number of nitro groups is 1. The zero-order valence-electron chi connectivity index (χ0n) is 12.2. The molecule has 8 nitrogen and oxygen atoms in total. The van der Waals surface area contributed by atoms with Crippen LogP contribution in [0, 0.1) is 10.1 Å². The Morgan fingerprint density at radius 2 is 1.83 bits per heavy atom. The van der Waals surface area contributed by atoms with Gasteiger partial charge in [-0.1, -0.05) is 17.7 Å². The van der Waals surface area contributed by atoms with Crippen LogP contribution in [0.3, 0.4) is 0 Å². The van der Waals surface area contributed by atoms with E-state index in [1.165, 1.54) is 18.2 Å². The van der Waals surface area contributed by atoms with E-state index in [2.05, 4.69) is 10.9 Å².